The van der Waals surface area contributed by atoms with E-state index in [0.717, 1.165) is 5.56 Å². The van der Waals surface area contributed by atoms with Gasteiger partial charge in [-0.2, -0.15) is 0 Å². The topological polar surface area (TPSA) is 111 Å². The van der Waals surface area contributed by atoms with E-state index in [1.807, 2.05) is 31.2 Å². The van der Waals surface area contributed by atoms with E-state index in [-0.39, 0.29) is 25.4 Å². The van der Waals surface area contributed by atoms with Gasteiger partial charge in [0.25, 0.3) is 0 Å². The number of fused-ring (bicyclic) bond motifs is 1. The normalized spacial score (nSPS) is 12.5. The van der Waals surface area contributed by atoms with Crippen LogP contribution in [0.4, 0.5) is 32.3 Å². The zero-order valence-electron chi connectivity index (χ0n) is 19.4. The number of anilines is 4. The molecule has 0 spiro atoms. The fourth-order valence-electron chi connectivity index (χ4n) is 4.03. The minimum atomic E-state index is -1.05. The van der Waals surface area contributed by atoms with Gasteiger partial charge in [0.05, 0.1) is 30.6 Å². The number of hydrogen-bond donors (Lipinski definition) is 3. The number of ether oxygens (including phenoxy) is 1. The number of nitrogens with zero attached hydrogens (tertiary/aromatic N) is 2. The van der Waals surface area contributed by atoms with Crippen molar-refractivity contribution in [3.8, 4) is 5.75 Å². The van der Waals surface area contributed by atoms with Crippen molar-refractivity contribution >= 4 is 40.8 Å². The average Bonchev–Trinajstić information content (AvgIpc) is 2.85. The van der Waals surface area contributed by atoms with Crippen molar-refractivity contribution in [3.05, 3.63) is 77.9 Å². The summed E-state index contributed by atoms with van der Waals surface area (Å²) in [6, 6.07) is 19.1. The Morgan fingerprint density at radius 1 is 0.886 bits per heavy atom. The van der Waals surface area contributed by atoms with Crippen LogP contribution in [0.15, 0.2) is 66.7 Å². The fraction of sp³-hybridized carbons (Fsp3) is 0.192. The largest absolute Gasteiger partial charge is 0.495 e. The summed E-state index contributed by atoms with van der Waals surface area (Å²) in [4.78, 5) is 40.0. The smallest absolute Gasteiger partial charge is 0.411 e. The summed E-state index contributed by atoms with van der Waals surface area (Å²) >= 11 is 0. The second-order valence-electron chi connectivity index (χ2n) is 8.07. The van der Waals surface area contributed by atoms with Crippen molar-refractivity contribution in [2.24, 2.45) is 0 Å². The number of para-hydroxylation sites is 3. The van der Waals surface area contributed by atoms with E-state index < -0.39 is 12.1 Å². The van der Waals surface area contributed by atoms with Gasteiger partial charge in [-0.15, -0.1) is 0 Å². The van der Waals surface area contributed by atoms with Gasteiger partial charge in [-0.05, 0) is 48.4 Å². The Hall–Kier alpha value is -4.53. The first-order valence-corrected chi connectivity index (χ1v) is 11.1. The Balaban J connectivity index is 1.47. The first-order chi connectivity index (χ1) is 16.9. The lowest BCUT2D eigenvalue weighted by Gasteiger charge is -2.35. The number of amides is 4. The number of carbonyl (C=O) groups is 3. The van der Waals surface area contributed by atoms with Crippen LogP contribution in [0, 0.1) is 6.92 Å². The van der Waals surface area contributed by atoms with E-state index in [0.29, 0.717) is 34.1 Å². The van der Waals surface area contributed by atoms with Gasteiger partial charge in [0.2, 0.25) is 5.91 Å². The third kappa shape index (κ3) is 5.19. The molecule has 3 N–H and O–H groups in total. The summed E-state index contributed by atoms with van der Waals surface area (Å²) in [5, 5.41) is 15.0. The molecule has 4 amide bonds. The van der Waals surface area contributed by atoms with Gasteiger partial charge in [0.1, 0.15) is 5.75 Å². The molecule has 9 nitrogen and oxygen atoms in total. The molecule has 0 saturated heterocycles. The number of benzene rings is 3. The van der Waals surface area contributed by atoms with Crippen LogP contribution in [0.5, 0.6) is 5.75 Å². The number of nitrogens with one attached hydrogen (secondary N) is 2. The molecule has 0 aliphatic carbocycles. The number of hydrogen-bond acceptors (Lipinski definition) is 4. The van der Waals surface area contributed by atoms with Crippen LogP contribution >= 0.6 is 0 Å². The van der Waals surface area contributed by atoms with Gasteiger partial charge >= 0.3 is 12.1 Å². The highest BCUT2D eigenvalue weighted by atomic mass is 16.5. The SMILES string of the molecule is COc1cc(CC(=O)N2CCN(C(=O)O)c3ccccc32)ccc1NC(=O)Nc1ccccc1C. The van der Waals surface area contributed by atoms with E-state index in [1.54, 1.807) is 47.4 Å². The molecule has 180 valence electrons. The Kier molecular flexibility index (Phi) is 6.86. The molecular weight excluding hydrogens is 448 g/mol. The minimum absolute atomic E-state index is 0.0907. The van der Waals surface area contributed by atoms with E-state index >= 15 is 0 Å². The van der Waals surface area contributed by atoms with Gasteiger partial charge in [0, 0.05) is 18.8 Å². The maximum Gasteiger partial charge on any atom is 0.411 e. The molecule has 0 atom stereocenters. The molecule has 0 saturated carbocycles. The highest BCUT2D eigenvalue weighted by Gasteiger charge is 2.29. The van der Waals surface area contributed by atoms with E-state index in [4.69, 9.17) is 4.74 Å². The second-order valence-corrected chi connectivity index (χ2v) is 8.07. The quantitative estimate of drug-likeness (QED) is 0.495. The maximum atomic E-state index is 13.1. The Morgan fingerprint density at radius 2 is 1.51 bits per heavy atom. The Morgan fingerprint density at radius 3 is 2.20 bits per heavy atom. The number of methoxy groups -OCH3 is 1. The minimum Gasteiger partial charge on any atom is -0.495 e. The maximum absolute atomic E-state index is 13.1. The molecule has 0 radical (unpaired) electrons. The van der Waals surface area contributed by atoms with Crippen LogP contribution in [0.3, 0.4) is 0 Å². The number of rotatable bonds is 5. The lowest BCUT2D eigenvalue weighted by Crippen LogP contribution is -2.46. The lowest BCUT2D eigenvalue weighted by molar-refractivity contribution is -0.118. The summed E-state index contributed by atoms with van der Waals surface area (Å²) in [7, 11) is 1.49. The highest BCUT2D eigenvalue weighted by molar-refractivity contribution is 6.03. The monoisotopic (exact) mass is 474 g/mol. The predicted octanol–water partition coefficient (Wildman–Crippen LogP) is 4.72. The Labute approximate surface area is 202 Å². The zero-order valence-corrected chi connectivity index (χ0v) is 19.4. The first-order valence-electron chi connectivity index (χ1n) is 11.1. The molecule has 1 aliphatic heterocycles. The van der Waals surface area contributed by atoms with E-state index in [2.05, 4.69) is 10.6 Å². The van der Waals surface area contributed by atoms with Gasteiger partial charge in [-0.3, -0.25) is 9.69 Å². The first kappa shape index (κ1) is 23.6. The van der Waals surface area contributed by atoms with Crippen molar-refractivity contribution in [2.45, 2.75) is 13.3 Å². The molecule has 4 rings (SSSR count). The molecule has 0 aromatic heterocycles. The van der Waals surface area contributed by atoms with Gasteiger partial charge in [0.15, 0.2) is 0 Å². The van der Waals surface area contributed by atoms with Crippen molar-refractivity contribution in [3.63, 3.8) is 0 Å². The van der Waals surface area contributed by atoms with E-state index in [1.165, 1.54) is 12.0 Å². The fourth-order valence-corrected chi connectivity index (χ4v) is 4.03. The van der Waals surface area contributed by atoms with Gasteiger partial charge < -0.3 is 25.4 Å². The van der Waals surface area contributed by atoms with Crippen LogP contribution in [-0.4, -0.2) is 43.3 Å². The molecular formula is C26H26N4O5. The Bertz CT molecular complexity index is 1280. The van der Waals surface area contributed by atoms with Crippen LogP contribution in [-0.2, 0) is 11.2 Å². The van der Waals surface area contributed by atoms with Crippen LogP contribution in [0.1, 0.15) is 11.1 Å². The van der Waals surface area contributed by atoms with Gasteiger partial charge in [-0.25, -0.2) is 9.59 Å². The van der Waals surface area contributed by atoms with Crippen molar-refractivity contribution in [1.82, 2.24) is 0 Å². The standard InChI is InChI=1S/C26H26N4O5/c1-17-7-3-4-8-19(17)27-25(32)28-20-12-11-18(15-23(20)35-2)16-24(31)29-13-14-30(26(33)34)22-10-6-5-9-21(22)29/h3-12,15H,13-14,16H2,1-2H3,(H,33,34)(H2,27,28,32). The van der Waals surface area contributed by atoms with Crippen LogP contribution < -0.4 is 25.2 Å². The third-order valence-corrected chi connectivity index (χ3v) is 5.81. The number of carboxylic acid groups (broad SMARTS) is 1. The van der Waals surface area contributed by atoms with Crippen molar-refractivity contribution in [2.75, 3.05) is 40.6 Å². The zero-order chi connectivity index (χ0) is 24.9. The summed E-state index contributed by atoms with van der Waals surface area (Å²) in [6.07, 6.45) is -0.961. The molecule has 3 aromatic carbocycles. The van der Waals surface area contributed by atoms with E-state index in [9.17, 15) is 19.5 Å². The molecule has 0 fully saturated rings. The molecule has 1 aliphatic rings. The van der Waals surface area contributed by atoms with Crippen molar-refractivity contribution < 1.29 is 24.2 Å². The molecule has 0 unspecified atom stereocenters. The molecule has 0 bridgehead atoms. The molecule has 35 heavy (non-hydrogen) atoms. The summed E-state index contributed by atoms with van der Waals surface area (Å²) < 4.78 is 5.45. The third-order valence-electron chi connectivity index (χ3n) is 5.81. The predicted molar refractivity (Wildman–Crippen MR) is 135 cm³/mol. The highest BCUT2D eigenvalue weighted by Crippen LogP contribution is 2.34. The molecule has 9 heteroatoms. The van der Waals surface area contributed by atoms with Crippen molar-refractivity contribution in [1.29, 1.82) is 0 Å². The number of urea groups is 1. The van der Waals surface area contributed by atoms with Crippen LogP contribution in [0.25, 0.3) is 0 Å². The second kappa shape index (κ2) is 10.2. The average molecular weight is 475 g/mol. The van der Waals surface area contributed by atoms with Crippen LogP contribution in [0.2, 0.25) is 0 Å². The number of carbonyl (C=O) groups excluding carboxylic acids is 2. The molecule has 1 heterocycles. The number of aryl methyl sites for hydroxylation is 1. The summed E-state index contributed by atoms with van der Waals surface area (Å²) in [6.45, 7) is 2.36. The lowest BCUT2D eigenvalue weighted by atomic mass is 10.1. The molecule has 3 aromatic rings. The summed E-state index contributed by atoms with van der Waals surface area (Å²) in [5.41, 5.74) is 3.86. The van der Waals surface area contributed by atoms with Gasteiger partial charge in [-0.1, -0.05) is 36.4 Å². The summed E-state index contributed by atoms with van der Waals surface area (Å²) in [5.74, 6) is 0.258.